The molecule has 1 aliphatic carbocycles. The van der Waals surface area contributed by atoms with Gasteiger partial charge in [-0.3, -0.25) is 4.79 Å². The summed E-state index contributed by atoms with van der Waals surface area (Å²) in [5, 5.41) is 20.9. The summed E-state index contributed by atoms with van der Waals surface area (Å²) in [5.41, 5.74) is -0.158. The van der Waals surface area contributed by atoms with Gasteiger partial charge in [0.1, 0.15) is 0 Å². The molecule has 0 radical (unpaired) electrons. The Morgan fingerprint density at radius 2 is 2.10 bits per heavy atom. The van der Waals surface area contributed by atoms with Gasteiger partial charge in [-0.15, -0.1) is 0 Å². The van der Waals surface area contributed by atoms with Crippen molar-refractivity contribution < 1.29 is 15.0 Å². The summed E-state index contributed by atoms with van der Waals surface area (Å²) in [6.07, 6.45) is 3.01. The second kappa shape index (κ2) is 6.77. The Morgan fingerprint density at radius 1 is 1.43 bits per heavy atom. The maximum Gasteiger partial charge on any atom is 0.255 e. The molecule has 1 fully saturated rings. The average Bonchev–Trinajstić information content (AvgIpc) is 2.90. The number of carbonyl (C=O) groups excluding carboxylic acids is 1. The lowest BCUT2D eigenvalue weighted by Gasteiger charge is -2.27. The summed E-state index contributed by atoms with van der Waals surface area (Å²) in [5.74, 6) is -0.376. The van der Waals surface area contributed by atoms with Crippen LogP contribution >= 0.6 is 11.6 Å². The highest BCUT2D eigenvalue weighted by atomic mass is 35.5. The molecule has 0 unspecified atom stereocenters. The van der Waals surface area contributed by atoms with Crippen molar-refractivity contribution in [1.82, 2.24) is 4.90 Å². The largest absolute Gasteiger partial charge is 0.390 e. The van der Waals surface area contributed by atoms with Gasteiger partial charge in [0.2, 0.25) is 0 Å². The Kier molecular flexibility index (Phi) is 5.25. The molecular weight excluding hydrogens is 290 g/mol. The molecule has 5 heteroatoms. The number of likely N-dealkylation sites (N-methyl/N-ethyl adjacent to an activating group) is 1. The number of aliphatic hydroxyl groups excluding tert-OH is 1. The van der Waals surface area contributed by atoms with Gasteiger partial charge in [0, 0.05) is 18.6 Å². The lowest BCUT2D eigenvalue weighted by molar-refractivity contribution is -0.139. The van der Waals surface area contributed by atoms with Crippen LogP contribution < -0.4 is 0 Å². The maximum atomic E-state index is 12.2. The molecule has 0 spiro atoms. The lowest BCUT2D eigenvalue weighted by atomic mass is 9.97. The Bertz CT molecular complexity index is 500. The molecule has 0 aliphatic heterocycles. The molecular formula is C16H22ClNO3. The summed E-state index contributed by atoms with van der Waals surface area (Å²) in [7, 11) is 1.65. The molecule has 116 valence electrons. The van der Waals surface area contributed by atoms with Crippen LogP contribution in [0.5, 0.6) is 0 Å². The molecule has 1 amide bonds. The fourth-order valence-corrected chi connectivity index (χ4v) is 3.00. The standard InChI is InChI=1S/C16H22ClNO3/c1-18(10-9-16(21)7-2-3-8-16)15(20)14(19)12-5-4-6-13(17)11-12/h4-6,11,14,19,21H,2-3,7-10H2,1H3/t14-/m1/s1. The SMILES string of the molecule is CN(CCC1(O)CCCC1)C(=O)[C@H](O)c1cccc(Cl)c1. The van der Waals surface area contributed by atoms with Crippen LogP contribution in [0.2, 0.25) is 5.02 Å². The first kappa shape index (κ1) is 16.3. The maximum absolute atomic E-state index is 12.2. The van der Waals surface area contributed by atoms with E-state index in [1.54, 1.807) is 31.3 Å². The summed E-state index contributed by atoms with van der Waals surface area (Å²) < 4.78 is 0. The molecule has 0 aromatic heterocycles. The van der Waals surface area contributed by atoms with Crippen LogP contribution in [0.15, 0.2) is 24.3 Å². The van der Waals surface area contributed by atoms with E-state index >= 15 is 0 Å². The van der Waals surface area contributed by atoms with Crippen molar-refractivity contribution in [3.63, 3.8) is 0 Å². The van der Waals surface area contributed by atoms with Crippen molar-refractivity contribution in [3.05, 3.63) is 34.9 Å². The number of nitrogens with zero attached hydrogens (tertiary/aromatic N) is 1. The number of carbonyl (C=O) groups is 1. The molecule has 1 atom stereocenters. The van der Waals surface area contributed by atoms with Crippen LogP contribution in [0.1, 0.15) is 43.8 Å². The summed E-state index contributed by atoms with van der Waals surface area (Å²) in [6, 6.07) is 6.66. The normalized spacial score (nSPS) is 18.5. The van der Waals surface area contributed by atoms with E-state index in [2.05, 4.69) is 0 Å². The van der Waals surface area contributed by atoms with Gasteiger partial charge in [0.05, 0.1) is 5.60 Å². The Morgan fingerprint density at radius 3 is 2.71 bits per heavy atom. The highest BCUT2D eigenvalue weighted by Gasteiger charge is 2.32. The van der Waals surface area contributed by atoms with Crippen LogP contribution in [0.25, 0.3) is 0 Å². The molecule has 2 rings (SSSR count). The number of hydrogen-bond acceptors (Lipinski definition) is 3. The van der Waals surface area contributed by atoms with Crippen LogP contribution in [0.3, 0.4) is 0 Å². The van der Waals surface area contributed by atoms with Gasteiger partial charge in [-0.25, -0.2) is 0 Å². The second-order valence-electron chi connectivity index (χ2n) is 5.90. The van der Waals surface area contributed by atoms with Crippen molar-refractivity contribution in [2.45, 2.75) is 43.8 Å². The van der Waals surface area contributed by atoms with Gasteiger partial charge in [0.15, 0.2) is 6.10 Å². The molecule has 4 nitrogen and oxygen atoms in total. The van der Waals surface area contributed by atoms with E-state index in [9.17, 15) is 15.0 Å². The predicted molar refractivity (Wildman–Crippen MR) is 82.1 cm³/mol. The molecule has 2 N–H and O–H groups in total. The molecule has 0 saturated heterocycles. The van der Waals surface area contributed by atoms with E-state index in [1.807, 2.05) is 0 Å². The first-order chi connectivity index (χ1) is 9.91. The number of amides is 1. The Hall–Kier alpha value is -1.10. The fourth-order valence-electron chi connectivity index (χ4n) is 2.80. The van der Waals surface area contributed by atoms with Crippen molar-refractivity contribution in [1.29, 1.82) is 0 Å². The highest BCUT2D eigenvalue weighted by Crippen LogP contribution is 2.32. The number of aliphatic hydroxyl groups is 2. The summed E-state index contributed by atoms with van der Waals surface area (Å²) >= 11 is 5.87. The zero-order valence-electron chi connectivity index (χ0n) is 12.3. The third kappa shape index (κ3) is 4.19. The number of halogens is 1. The molecule has 1 aromatic carbocycles. The molecule has 1 aliphatic rings. The number of benzene rings is 1. The minimum atomic E-state index is -1.22. The van der Waals surface area contributed by atoms with E-state index < -0.39 is 11.7 Å². The first-order valence-electron chi connectivity index (χ1n) is 7.32. The monoisotopic (exact) mass is 311 g/mol. The topological polar surface area (TPSA) is 60.8 Å². The van der Waals surface area contributed by atoms with E-state index in [-0.39, 0.29) is 5.91 Å². The van der Waals surface area contributed by atoms with Crippen molar-refractivity contribution >= 4 is 17.5 Å². The first-order valence-corrected chi connectivity index (χ1v) is 7.70. The smallest absolute Gasteiger partial charge is 0.255 e. The molecule has 21 heavy (non-hydrogen) atoms. The molecule has 1 saturated carbocycles. The molecule has 1 aromatic rings. The Labute approximate surface area is 130 Å². The van der Waals surface area contributed by atoms with E-state index in [0.717, 1.165) is 25.7 Å². The molecule has 0 heterocycles. The van der Waals surface area contributed by atoms with Crippen molar-refractivity contribution in [2.75, 3.05) is 13.6 Å². The number of rotatable bonds is 5. The van der Waals surface area contributed by atoms with Crippen LogP contribution in [0, 0.1) is 0 Å². The minimum Gasteiger partial charge on any atom is -0.390 e. The van der Waals surface area contributed by atoms with E-state index in [4.69, 9.17) is 11.6 Å². The quantitative estimate of drug-likeness (QED) is 0.878. The van der Waals surface area contributed by atoms with E-state index in [0.29, 0.717) is 23.6 Å². The van der Waals surface area contributed by atoms with Gasteiger partial charge in [-0.1, -0.05) is 36.6 Å². The van der Waals surface area contributed by atoms with Gasteiger partial charge in [-0.2, -0.15) is 0 Å². The highest BCUT2D eigenvalue weighted by molar-refractivity contribution is 6.30. The van der Waals surface area contributed by atoms with Crippen LogP contribution in [-0.4, -0.2) is 40.2 Å². The predicted octanol–water partition coefficient (Wildman–Crippen LogP) is 2.53. The minimum absolute atomic E-state index is 0.376. The zero-order chi connectivity index (χ0) is 15.5. The summed E-state index contributed by atoms with van der Waals surface area (Å²) in [6.45, 7) is 0.437. The van der Waals surface area contributed by atoms with Crippen LogP contribution in [-0.2, 0) is 4.79 Å². The van der Waals surface area contributed by atoms with Gasteiger partial charge in [-0.05, 0) is 37.0 Å². The van der Waals surface area contributed by atoms with E-state index in [1.165, 1.54) is 4.90 Å². The van der Waals surface area contributed by atoms with Gasteiger partial charge >= 0.3 is 0 Å². The number of hydrogen-bond donors (Lipinski definition) is 2. The summed E-state index contributed by atoms with van der Waals surface area (Å²) in [4.78, 5) is 13.7. The average molecular weight is 312 g/mol. The lowest BCUT2D eigenvalue weighted by Crippen LogP contribution is -2.37. The van der Waals surface area contributed by atoms with Crippen LogP contribution in [0.4, 0.5) is 0 Å². The van der Waals surface area contributed by atoms with Crippen molar-refractivity contribution in [2.24, 2.45) is 0 Å². The fraction of sp³-hybridized carbons (Fsp3) is 0.562. The third-order valence-electron chi connectivity index (χ3n) is 4.22. The molecule has 0 bridgehead atoms. The van der Waals surface area contributed by atoms with Gasteiger partial charge in [0.25, 0.3) is 5.91 Å². The Balaban J connectivity index is 1.92. The zero-order valence-corrected chi connectivity index (χ0v) is 13.0. The van der Waals surface area contributed by atoms with Crippen molar-refractivity contribution in [3.8, 4) is 0 Å². The second-order valence-corrected chi connectivity index (χ2v) is 6.34. The third-order valence-corrected chi connectivity index (χ3v) is 4.46. The van der Waals surface area contributed by atoms with Gasteiger partial charge < -0.3 is 15.1 Å².